The molecule has 1 unspecified atom stereocenters. The third kappa shape index (κ3) is 4.61. The monoisotopic (exact) mass is 356 g/mol. The normalized spacial score (nSPS) is 16.5. The van der Waals surface area contributed by atoms with Crippen LogP contribution in [-0.2, 0) is 11.3 Å². The molecule has 2 aromatic rings. The number of amides is 1. The maximum atomic E-state index is 13.2. The molecule has 0 aromatic heterocycles. The molecule has 3 rings (SSSR count). The van der Waals surface area contributed by atoms with Gasteiger partial charge in [-0.25, -0.2) is 4.39 Å². The minimum atomic E-state index is -0.341. The number of hydrogen-bond acceptors (Lipinski definition) is 3. The Balaban J connectivity index is 1.77. The summed E-state index contributed by atoms with van der Waals surface area (Å²) in [6.07, 6.45) is 2.06. The molecule has 0 spiro atoms. The van der Waals surface area contributed by atoms with Crippen molar-refractivity contribution in [1.82, 2.24) is 4.90 Å². The molecule has 4 nitrogen and oxygen atoms in total. The van der Waals surface area contributed by atoms with E-state index < -0.39 is 0 Å². The van der Waals surface area contributed by atoms with Gasteiger partial charge < -0.3 is 14.5 Å². The molecule has 1 amide bonds. The Bertz CT molecular complexity index is 723. The number of carbonyl (C=O) groups is 1. The summed E-state index contributed by atoms with van der Waals surface area (Å²) in [5.41, 5.74) is 2.67. The van der Waals surface area contributed by atoms with E-state index in [-0.39, 0.29) is 17.8 Å². The third-order valence-electron chi connectivity index (χ3n) is 4.65. The van der Waals surface area contributed by atoms with Crippen LogP contribution in [0.1, 0.15) is 28.8 Å². The summed E-state index contributed by atoms with van der Waals surface area (Å²) in [7, 11) is 3.99. The Kier molecular flexibility index (Phi) is 5.89. The van der Waals surface area contributed by atoms with Crippen LogP contribution < -0.4 is 4.90 Å². The molecule has 1 aliphatic rings. The van der Waals surface area contributed by atoms with Crippen LogP contribution in [0.3, 0.4) is 0 Å². The number of benzene rings is 2. The Labute approximate surface area is 154 Å². The van der Waals surface area contributed by atoms with Crippen LogP contribution in [0, 0.1) is 5.82 Å². The maximum absolute atomic E-state index is 13.2. The summed E-state index contributed by atoms with van der Waals surface area (Å²) in [4.78, 5) is 16.8. The van der Waals surface area contributed by atoms with Crippen molar-refractivity contribution in [3.63, 3.8) is 0 Å². The van der Waals surface area contributed by atoms with Gasteiger partial charge in [0.25, 0.3) is 5.91 Å². The summed E-state index contributed by atoms with van der Waals surface area (Å²) in [5.74, 6) is -0.441. The van der Waals surface area contributed by atoms with Crippen LogP contribution in [0.4, 0.5) is 10.1 Å². The van der Waals surface area contributed by atoms with Gasteiger partial charge in [0.2, 0.25) is 0 Å². The average molecular weight is 356 g/mol. The molecule has 0 bridgehead atoms. The quantitative estimate of drug-likeness (QED) is 0.791. The molecule has 2 aromatic carbocycles. The molecule has 0 N–H and O–H groups in total. The molecular formula is C21H25FN2O2. The van der Waals surface area contributed by atoms with Gasteiger partial charge in [0.1, 0.15) is 5.82 Å². The lowest BCUT2D eigenvalue weighted by molar-refractivity contribution is 0.0507. The van der Waals surface area contributed by atoms with E-state index in [9.17, 15) is 9.18 Å². The van der Waals surface area contributed by atoms with Crippen molar-refractivity contribution in [2.75, 3.05) is 32.1 Å². The number of anilines is 1. The predicted octanol–water partition coefficient (Wildman–Crippen LogP) is 3.71. The molecule has 1 aliphatic heterocycles. The van der Waals surface area contributed by atoms with E-state index in [0.29, 0.717) is 18.7 Å². The summed E-state index contributed by atoms with van der Waals surface area (Å²) >= 11 is 0. The fraction of sp³-hybridized carbons (Fsp3) is 0.381. The number of ether oxygens (including phenoxy) is 1. The second-order valence-electron chi connectivity index (χ2n) is 6.89. The Morgan fingerprint density at radius 1 is 1.12 bits per heavy atom. The van der Waals surface area contributed by atoms with E-state index in [0.717, 1.165) is 30.7 Å². The summed E-state index contributed by atoms with van der Waals surface area (Å²) in [6, 6.07) is 13.9. The molecule has 1 atom stereocenters. The van der Waals surface area contributed by atoms with Gasteiger partial charge in [0.05, 0.1) is 6.10 Å². The third-order valence-corrected chi connectivity index (χ3v) is 4.65. The van der Waals surface area contributed by atoms with Gasteiger partial charge in [0, 0.05) is 45.0 Å². The molecule has 5 heteroatoms. The van der Waals surface area contributed by atoms with Crippen molar-refractivity contribution in [2.24, 2.45) is 0 Å². The lowest BCUT2D eigenvalue weighted by Crippen LogP contribution is -2.37. The van der Waals surface area contributed by atoms with Gasteiger partial charge in [0.15, 0.2) is 0 Å². The van der Waals surface area contributed by atoms with E-state index >= 15 is 0 Å². The van der Waals surface area contributed by atoms with Crippen LogP contribution in [0.2, 0.25) is 0 Å². The zero-order valence-corrected chi connectivity index (χ0v) is 15.3. The van der Waals surface area contributed by atoms with E-state index in [1.54, 1.807) is 4.90 Å². The van der Waals surface area contributed by atoms with Crippen LogP contribution in [0.25, 0.3) is 0 Å². The van der Waals surface area contributed by atoms with Gasteiger partial charge in [-0.15, -0.1) is 0 Å². The minimum absolute atomic E-state index is 0.0699. The number of hydrogen-bond donors (Lipinski definition) is 0. The van der Waals surface area contributed by atoms with Crippen LogP contribution in [0.5, 0.6) is 0 Å². The number of nitrogens with zero attached hydrogens (tertiary/aromatic N) is 2. The van der Waals surface area contributed by atoms with Crippen molar-refractivity contribution in [1.29, 1.82) is 0 Å². The van der Waals surface area contributed by atoms with Crippen molar-refractivity contribution in [2.45, 2.75) is 25.5 Å². The smallest absolute Gasteiger partial charge is 0.254 e. The largest absolute Gasteiger partial charge is 0.378 e. The van der Waals surface area contributed by atoms with E-state index in [1.165, 1.54) is 24.3 Å². The predicted molar refractivity (Wildman–Crippen MR) is 101 cm³/mol. The number of rotatable bonds is 6. The molecular weight excluding hydrogens is 331 g/mol. The molecule has 1 fully saturated rings. The van der Waals surface area contributed by atoms with Gasteiger partial charge in [-0.05, 0) is 54.8 Å². The van der Waals surface area contributed by atoms with E-state index in [2.05, 4.69) is 0 Å². The Hall–Kier alpha value is -2.40. The van der Waals surface area contributed by atoms with Gasteiger partial charge in [-0.2, -0.15) is 0 Å². The van der Waals surface area contributed by atoms with Crippen molar-refractivity contribution in [3.8, 4) is 0 Å². The topological polar surface area (TPSA) is 32.8 Å². The summed E-state index contributed by atoms with van der Waals surface area (Å²) < 4.78 is 18.9. The van der Waals surface area contributed by atoms with Crippen LogP contribution >= 0.6 is 0 Å². The van der Waals surface area contributed by atoms with E-state index in [1.807, 2.05) is 43.3 Å². The number of halogens is 1. The van der Waals surface area contributed by atoms with Crippen molar-refractivity contribution in [3.05, 3.63) is 65.5 Å². The van der Waals surface area contributed by atoms with E-state index in [4.69, 9.17) is 4.74 Å². The Morgan fingerprint density at radius 2 is 1.81 bits per heavy atom. The van der Waals surface area contributed by atoms with Crippen molar-refractivity contribution >= 4 is 11.6 Å². The highest BCUT2D eigenvalue weighted by atomic mass is 19.1. The number of carbonyl (C=O) groups excluding carboxylic acids is 1. The fourth-order valence-corrected chi connectivity index (χ4v) is 3.15. The molecule has 26 heavy (non-hydrogen) atoms. The second kappa shape index (κ2) is 8.32. The summed E-state index contributed by atoms with van der Waals surface area (Å²) in [6.45, 7) is 1.80. The lowest BCUT2D eigenvalue weighted by Gasteiger charge is -2.26. The standard InChI is InChI=1S/C21H25FN2O2/c1-23(2)19-11-5-16(6-12-19)14-24(15-20-4-3-13-26-20)21(25)17-7-9-18(22)10-8-17/h5-12,20H,3-4,13-15H2,1-2H3. The first-order valence-corrected chi connectivity index (χ1v) is 8.95. The van der Waals surface area contributed by atoms with Gasteiger partial charge in [-0.1, -0.05) is 12.1 Å². The zero-order valence-electron chi connectivity index (χ0n) is 15.3. The zero-order chi connectivity index (χ0) is 18.5. The van der Waals surface area contributed by atoms with Crippen LogP contribution in [0.15, 0.2) is 48.5 Å². The lowest BCUT2D eigenvalue weighted by atomic mass is 10.1. The second-order valence-corrected chi connectivity index (χ2v) is 6.89. The average Bonchev–Trinajstić information content (AvgIpc) is 3.15. The highest BCUT2D eigenvalue weighted by Crippen LogP contribution is 2.19. The molecule has 0 aliphatic carbocycles. The van der Waals surface area contributed by atoms with Gasteiger partial charge in [-0.3, -0.25) is 4.79 Å². The molecule has 0 saturated carbocycles. The molecule has 0 radical (unpaired) electrons. The summed E-state index contributed by atoms with van der Waals surface area (Å²) in [5, 5.41) is 0. The first-order valence-electron chi connectivity index (χ1n) is 8.95. The highest BCUT2D eigenvalue weighted by Gasteiger charge is 2.23. The molecule has 1 saturated heterocycles. The molecule has 138 valence electrons. The van der Waals surface area contributed by atoms with Crippen molar-refractivity contribution < 1.29 is 13.9 Å². The first-order chi connectivity index (χ1) is 12.5. The fourth-order valence-electron chi connectivity index (χ4n) is 3.15. The van der Waals surface area contributed by atoms with Gasteiger partial charge >= 0.3 is 0 Å². The van der Waals surface area contributed by atoms with Crippen LogP contribution in [-0.4, -0.2) is 44.2 Å². The SMILES string of the molecule is CN(C)c1ccc(CN(CC2CCCO2)C(=O)c2ccc(F)cc2)cc1. The minimum Gasteiger partial charge on any atom is -0.378 e. The maximum Gasteiger partial charge on any atom is 0.254 e. The first kappa shape index (κ1) is 18.4. The molecule has 1 heterocycles. The highest BCUT2D eigenvalue weighted by molar-refractivity contribution is 5.94. The Morgan fingerprint density at radius 3 is 2.38 bits per heavy atom.